The van der Waals surface area contributed by atoms with Crippen LogP contribution in [0.3, 0.4) is 0 Å². The average Bonchev–Trinajstić information content (AvgIpc) is 2.41. The fourth-order valence-electron chi connectivity index (χ4n) is 2.93. The van der Waals surface area contributed by atoms with Gasteiger partial charge in [0.25, 0.3) is 0 Å². The molecule has 1 aliphatic rings. The van der Waals surface area contributed by atoms with Crippen LogP contribution < -0.4 is 10.6 Å². The summed E-state index contributed by atoms with van der Waals surface area (Å²) >= 11 is 0. The zero-order valence-electron chi connectivity index (χ0n) is 11.5. The number of nitrogen functional groups attached to an aromatic ring is 1. The maximum absolute atomic E-state index is 5.86. The summed E-state index contributed by atoms with van der Waals surface area (Å²) in [5.74, 6) is 2.03. The Morgan fingerprint density at radius 1 is 1.21 bits per heavy atom. The highest BCUT2D eigenvalue weighted by Crippen LogP contribution is 2.31. The second kappa shape index (κ2) is 4.68. The first-order valence-corrected chi connectivity index (χ1v) is 6.95. The SMILES string of the molecule is CC1CCCN(c2nc(N)nc3ccccc23)C1C. The van der Waals surface area contributed by atoms with Crippen molar-refractivity contribution in [3.8, 4) is 0 Å². The maximum atomic E-state index is 5.86. The van der Waals surface area contributed by atoms with E-state index in [0.29, 0.717) is 17.9 Å². The van der Waals surface area contributed by atoms with E-state index in [1.165, 1.54) is 12.8 Å². The molecule has 0 bridgehead atoms. The molecule has 2 aromatic rings. The van der Waals surface area contributed by atoms with Crippen molar-refractivity contribution in [3.05, 3.63) is 24.3 Å². The summed E-state index contributed by atoms with van der Waals surface area (Å²) in [5, 5.41) is 1.10. The van der Waals surface area contributed by atoms with Crippen molar-refractivity contribution in [1.82, 2.24) is 9.97 Å². The first-order chi connectivity index (χ1) is 9.16. The van der Waals surface area contributed by atoms with Gasteiger partial charge >= 0.3 is 0 Å². The minimum absolute atomic E-state index is 0.360. The molecule has 1 aromatic heterocycles. The predicted molar refractivity (Wildman–Crippen MR) is 79.2 cm³/mol. The highest BCUT2D eigenvalue weighted by molar-refractivity contribution is 5.90. The molecule has 4 nitrogen and oxygen atoms in total. The molecule has 2 heterocycles. The lowest BCUT2D eigenvalue weighted by Crippen LogP contribution is -2.43. The quantitative estimate of drug-likeness (QED) is 0.852. The van der Waals surface area contributed by atoms with E-state index in [-0.39, 0.29) is 0 Å². The summed E-state index contributed by atoms with van der Waals surface area (Å²) in [6, 6.07) is 8.58. The lowest BCUT2D eigenvalue weighted by atomic mass is 9.92. The van der Waals surface area contributed by atoms with Crippen molar-refractivity contribution in [1.29, 1.82) is 0 Å². The minimum atomic E-state index is 0.360. The predicted octanol–water partition coefficient (Wildman–Crippen LogP) is 2.84. The van der Waals surface area contributed by atoms with Crippen LogP contribution in [0.25, 0.3) is 10.9 Å². The molecule has 2 N–H and O–H groups in total. The molecular formula is C15H20N4. The number of anilines is 2. The van der Waals surface area contributed by atoms with Crippen LogP contribution in [-0.2, 0) is 0 Å². The van der Waals surface area contributed by atoms with Crippen LogP contribution in [-0.4, -0.2) is 22.6 Å². The Hall–Kier alpha value is -1.84. The van der Waals surface area contributed by atoms with E-state index in [2.05, 4.69) is 34.8 Å². The minimum Gasteiger partial charge on any atom is -0.368 e. The summed E-state index contributed by atoms with van der Waals surface area (Å²) in [4.78, 5) is 11.2. The van der Waals surface area contributed by atoms with Gasteiger partial charge in [-0.25, -0.2) is 4.98 Å². The van der Waals surface area contributed by atoms with Crippen molar-refractivity contribution >= 4 is 22.7 Å². The summed E-state index contributed by atoms with van der Waals surface area (Å²) < 4.78 is 0. The van der Waals surface area contributed by atoms with Crippen molar-refractivity contribution in [2.75, 3.05) is 17.2 Å². The van der Waals surface area contributed by atoms with Crippen molar-refractivity contribution in [2.24, 2.45) is 5.92 Å². The Morgan fingerprint density at radius 2 is 2.00 bits per heavy atom. The Morgan fingerprint density at radius 3 is 2.84 bits per heavy atom. The number of nitrogens with two attached hydrogens (primary N) is 1. The molecule has 0 saturated carbocycles. The molecule has 1 saturated heterocycles. The number of hydrogen-bond acceptors (Lipinski definition) is 4. The van der Waals surface area contributed by atoms with Gasteiger partial charge in [-0.3, -0.25) is 0 Å². The van der Waals surface area contributed by atoms with Gasteiger partial charge in [-0.05, 0) is 37.8 Å². The largest absolute Gasteiger partial charge is 0.368 e. The molecule has 2 atom stereocenters. The van der Waals surface area contributed by atoms with Crippen LogP contribution in [0.15, 0.2) is 24.3 Å². The number of para-hydroxylation sites is 1. The van der Waals surface area contributed by atoms with Gasteiger partial charge in [0.15, 0.2) is 0 Å². The third-order valence-electron chi connectivity index (χ3n) is 4.25. The Bertz CT molecular complexity index is 596. The molecule has 0 spiro atoms. The lowest BCUT2D eigenvalue weighted by molar-refractivity contribution is 0.362. The first kappa shape index (κ1) is 12.2. The van der Waals surface area contributed by atoms with Gasteiger partial charge in [0, 0.05) is 18.0 Å². The number of benzene rings is 1. The monoisotopic (exact) mass is 256 g/mol. The van der Waals surface area contributed by atoms with Crippen molar-refractivity contribution in [2.45, 2.75) is 32.7 Å². The Balaban J connectivity index is 2.13. The highest BCUT2D eigenvalue weighted by Gasteiger charge is 2.27. The molecule has 0 radical (unpaired) electrons. The number of nitrogens with zero attached hydrogens (tertiary/aromatic N) is 3. The van der Waals surface area contributed by atoms with Gasteiger partial charge in [-0.1, -0.05) is 19.1 Å². The molecule has 3 rings (SSSR count). The van der Waals surface area contributed by atoms with E-state index < -0.39 is 0 Å². The van der Waals surface area contributed by atoms with Crippen molar-refractivity contribution in [3.63, 3.8) is 0 Å². The molecule has 1 aliphatic heterocycles. The molecule has 0 aliphatic carbocycles. The molecule has 1 aromatic carbocycles. The van der Waals surface area contributed by atoms with Crippen LogP contribution >= 0.6 is 0 Å². The molecule has 1 fully saturated rings. The normalized spacial score (nSPS) is 23.8. The van der Waals surface area contributed by atoms with E-state index >= 15 is 0 Å². The van der Waals surface area contributed by atoms with Crippen LogP contribution in [0.5, 0.6) is 0 Å². The Kier molecular flexibility index (Phi) is 3.01. The van der Waals surface area contributed by atoms with Crippen molar-refractivity contribution < 1.29 is 0 Å². The smallest absolute Gasteiger partial charge is 0.222 e. The first-order valence-electron chi connectivity index (χ1n) is 6.95. The second-order valence-electron chi connectivity index (χ2n) is 5.48. The molecule has 100 valence electrons. The summed E-state index contributed by atoms with van der Waals surface area (Å²) in [5.41, 5.74) is 6.79. The number of rotatable bonds is 1. The molecule has 19 heavy (non-hydrogen) atoms. The molecule has 4 heteroatoms. The summed E-state index contributed by atoms with van der Waals surface area (Å²) in [6.45, 7) is 5.63. The van der Waals surface area contributed by atoms with Gasteiger partial charge in [0.2, 0.25) is 5.95 Å². The van der Waals surface area contributed by atoms with Crippen LogP contribution in [0.1, 0.15) is 26.7 Å². The number of hydrogen-bond donors (Lipinski definition) is 1. The standard InChI is InChI=1S/C15H20N4/c1-10-6-5-9-19(11(10)2)14-12-7-3-4-8-13(12)17-15(16)18-14/h3-4,7-8,10-11H,5-6,9H2,1-2H3,(H2,16,17,18). The zero-order valence-corrected chi connectivity index (χ0v) is 11.5. The van der Waals surface area contributed by atoms with Gasteiger partial charge in [0.1, 0.15) is 5.82 Å². The molecular weight excluding hydrogens is 236 g/mol. The van der Waals surface area contributed by atoms with E-state index in [4.69, 9.17) is 5.73 Å². The summed E-state index contributed by atoms with van der Waals surface area (Å²) in [7, 11) is 0. The fourth-order valence-corrected chi connectivity index (χ4v) is 2.93. The third-order valence-corrected chi connectivity index (χ3v) is 4.25. The number of fused-ring (bicyclic) bond motifs is 1. The fraction of sp³-hybridized carbons (Fsp3) is 0.467. The molecule has 2 unspecified atom stereocenters. The van der Waals surface area contributed by atoms with Gasteiger partial charge in [0.05, 0.1) is 5.52 Å². The summed E-state index contributed by atoms with van der Waals surface area (Å²) in [6.07, 6.45) is 2.50. The van der Waals surface area contributed by atoms with Crippen LogP contribution in [0, 0.1) is 5.92 Å². The van der Waals surface area contributed by atoms with Gasteiger partial charge in [-0.2, -0.15) is 4.98 Å². The zero-order chi connectivity index (χ0) is 13.4. The number of aromatic nitrogens is 2. The Labute approximate surface area is 113 Å². The topological polar surface area (TPSA) is 55.0 Å². The highest BCUT2D eigenvalue weighted by atomic mass is 15.2. The lowest BCUT2D eigenvalue weighted by Gasteiger charge is -2.39. The van der Waals surface area contributed by atoms with E-state index in [0.717, 1.165) is 23.3 Å². The van der Waals surface area contributed by atoms with Crippen LogP contribution in [0.2, 0.25) is 0 Å². The van der Waals surface area contributed by atoms with Gasteiger partial charge in [-0.15, -0.1) is 0 Å². The van der Waals surface area contributed by atoms with E-state index in [1.54, 1.807) is 0 Å². The van der Waals surface area contributed by atoms with E-state index in [1.807, 2.05) is 18.2 Å². The van der Waals surface area contributed by atoms with Crippen LogP contribution in [0.4, 0.5) is 11.8 Å². The molecule has 0 amide bonds. The second-order valence-corrected chi connectivity index (χ2v) is 5.48. The van der Waals surface area contributed by atoms with E-state index in [9.17, 15) is 0 Å². The number of piperidine rings is 1. The average molecular weight is 256 g/mol. The third kappa shape index (κ3) is 2.11. The maximum Gasteiger partial charge on any atom is 0.222 e. The van der Waals surface area contributed by atoms with Gasteiger partial charge < -0.3 is 10.6 Å².